The molecule has 2 fully saturated rings. The lowest BCUT2D eigenvalue weighted by Crippen LogP contribution is -2.57. The van der Waals surface area contributed by atoms with Gasteiger partial charge in [0.25, 0.3) is 0 Å². The number of benzene rings is 1. The highest BCUT2D eigenvalue weighted by molar-refractivity contribution is 6.30. The molecule has 1 heterocycles. The molecule has 6 nitrogen and oxygen atoms in total. The minimum Gasteiger partial charge on any atom is -0.369 e. The van der Waals surface area contributed by atoms with Gasteiger partial charge in [0.2, 0.25) is 17.7 Å². The SMILES string of the molecule is CC(C)[C@@H](NC(=O)C1(C(N)=O)CC1)C(=O)N1CCC(c2ccc(Cl)cc2)C(C)(C)C1. The van der Waals surface area contributed by atoms with Crippen molar-refractivity contribution in [2.45, 2.75) is 58.9 Å². The van der Waals surface area contributed by atoms with E-state index in [4.69, 9.17) is 17.3 Å². The van der Waals surface area contributed by atoms with Gasteiger partial charge in [-0.25, -0.2) is 0 Å². The third kappa shape index (κ3) is 4.34. The zero-order valence-corrected chi connectivity index (χ0v) is 19.0. The van der Waals surface area contributed by atoms with Gasteiger partial charge in [-0.05, 0) is 54.2 Å². The molecule has 2 atom stereocenters. The van der Waals surface area contributed by atoms with Crippen LogP contribution in [-0.4, -0.2) is 41.8 Å². The molecule has 1 saturated carbocycles. The molecule has 1 aliphatic carbocycles. The van der Waals surface area contributed by atoms with Crippen molar-refractivity contribution in [2.24, 2.45) is 22.5 Å². The van der Waals surface area contributed by atoms with E-state index in [0.717, 1.165) is 6.42 Å². The lowest BCUT2D eigenvalue weighted by molar-refractivity contribution is -0.143. The van der Waals surface area contributed by atoms with E-state index in [1.165, 1.54) is 5.56 Å². The third-order valence-electron chi connectivity index (χ3n) is 6.69. The van der Waals surface area contributed by atoms with Crippen LogP contribution in [0.2, 0.25) is 5.02 Å². The zero-order chi connectivity index (χ0) is 22.3. The molecule has 3 rings (SSSR count). The van der Waals surface area contributed by atoms with Gasteiger partial charge in [0.05, 0.1) is 0 Å². The average molecular weight is 434 g/mol. The Morgan fingerprint density at radius 2 is 1.77 bits per heavy atom. The summed E-state index contributed by atoms with van der Waals surface area (Å²) in [5, 5.41) is 3.54. The van der Waals surface area contributed by atoms with Crippen LogP contribution in [0.1, 0.15) is 58.4 Å². The fourth-order valence-corrected chi connectivity index (χ4v) is 4.68. The molecule has 1 aromatic carbocycles. The Morgan fingerprint density at radius 3 is 2.23 bits per heavy atom. The van der Waals surface area contributed by atoms with Crippen LogP contribution < -0.4 is 11.1 Å². The van der Waals surface area contributed by atoms with Crippen molar-refractivity contribution in [3.05, 3.63) is 34.9 Å². The molecule has 30 heavy (non-hydrogen) atoms. The van der Waals surface area contributed by atoms with Gasteiger partial charge in [-0.3, -0.25) is 14.4 Å². The molecule has 0 bridgehead atoms. The van der Waals surface area contributed by atoms with Crippen LogP contribution in [0.5, 0.6) is 0 Å². The fourth-order valence-electron chi connectivity index (χ4n) is 4.56. The number of nitrogens with zero attached hydrogens (tertiary/aromatic N) is 1. The van der Waals surface area contributed by atoms with Crippen LogP contribution in [0.3, 0.4) is 0 Å². The Hall–Kier alpha value is -2.08. The quantitative estimate of drug-likeness (QED) is 0.675. The summed E-state index contributed by atoms with van der Waals surface area (Å²) < 4.78 is 0. The maximum absolute atomic E-state index is 13.3. The number of amides is 3. The summed E-state index contributed by atoms with van der Waals surface area (Å²) in [5.74, 6) is -0.906. The topological polar surface area (TPSA) is 92.5 Å². The largest absolute Gasteiger partial charge is 0.369 e. The Kier molecular flexibility index (Phi) is 6.19. The van der Waals surface area contributed by atoms with E-state index in [0.29, 0.717) is 36.9 Å². The summed E-state index contributed by atoms with van der Waals surface area (Å²) in [6.45, 7) is 9.35. The highest BCUT2D eigenvalue weighted by Gasteiger charge is 2.56. The van der Waals surface area contributed by atoms with E-state index in [1.54, 1.807) is 0 Å². The standard InChI is InChI=1S/C23H32ClN3O3/c1-14(2)18(26-21(30)23(10-11-23)20(25)29)19(28)27-12-9-17(22(3,4)13-27)15-5-7-16(24)8-6-15/h5-8,14,17-18H,9-13H2,1-4H3,(H2,25,29)(H,26,30)/t17?,18-/m1/s1. The number of carbonyl (C=O) groups excluding carboxylic acids is 3. The predicted molar refractivity (Wildman–Crippen MR) is 117 cm³/mol. The molecule has 0 spiro atoms. The second-order valence-electron chi connectivity index (χ2n) is 9.78. The Balaban J connectivity index is 1.71. The Morgan fingerprint density at radius 1 is 1.17 bits per heavy atom. The van der Waals surface area contributed by atoms with Crippen molar-refractivity contribution in [3.8, 4) is 0 Å². The van der Waals surface area contributed by atoms with Gasteiger partial charge in [0.15, 0.2) is 0 Å². The molecule has 2 aliphatic rings. The predicted octanol–water partition coefficient (Wildman–Crippen LogP) is 3.09. The number of primary amides is 1. The summed E-state index contributed by atoms with van der Waals surface area (Å²) in [7, 11) is 0. The van der Waals surface area contributed by atoms with Crippen molar-refractivity contribution < 1.29 is 14.4 Å². The smallest absolute Gasteiger partial charge is 0.245 e. The van der Waals surface area contributed by atoms with Crippen LogP contribution in [0.15, 0.2) is 24.3 Å². The molecule has 3 amide bonds. The van der Waals surface area contributed by atoms with Crippen LogP contribution >= 0.6 is 11.6 Å². The van der Waals surface area contributed by atoms with E-state index in [9.17, 15) is 14.4 Å². The van der Waals surface area contributed by atoms with E-state index in [-0.39, 0.29) is 17.2 Å². The second kappa shape index (κ2) is 8.22. The molecule has 164 valence electrons. The van der Waals surface area contributed by atoms with Gasteiger partial charge in [-0.1, -0.05) is 51.4 Å². The molecule has 0 radical (unpaired) electrons. The van der Waals surface area contributed by atoms with Crippen LogP contribution in [-0.2, 0) is 14.4 Å². The number of nitrogens with two attached hydrogens (primary N) is 1. The number of nitrogens with one attached hydrogen (secondary N) is 1. The molecular formula is C23H32ClN3O3. The van der Waals surface area contributed by atoms with Crippen LogP contribution in [0.25, 0.3) is 0 Å². The monoisotopic (exact) mass is 433 g/mol. The number of hydrogen-bond donors (Lipinski definition) is 2. The Labute approximate surface area is 183 Å². The maximum Gasteiger partial charge on any atom is 0.245 e. The first-order valence-corrected chi connectivity index (χ1v) is 11.0. The first-order valence-electron chi connectivity index (χ1n) is 10.6. The minimum atomic E-state index is -1.13. The fraction of sp³-hybridized carbons (Fsp3) is 0.609. The van der Waals surface area contributed by atoms with E-state index in [1.807, 2.05) is 30.9 Å². The van der Waals surface area contributed by atoms with Gasteiger partial charge in [0.1, 0.15) is 11.5 Å². The van der Waals surface area contributed by atoms with Gasteiger partial charge in [-0.15, -0.1) is 0 Å². The highest BCUT2D eigenvalue weighted by atomic mass is 35.5. The normalized spacial score (nSPS) is 23.0. The lowest BCUT2D eigenvalue weighted by Gasteiger charge is -2.46. The highest BCUT2D eigenvalue weighted by Crippen LogP contribution is 2.46. The van der Waals surface area contributed by atoms with Gasteiger partial charge in [0, 0.05) is 18.1 Å². The Bertz CT molecular complexity index is 831. The molecule has 3 N–H and O–H groups in total. The molecule has 7 heteroatoms. The van der Waals surface area contributed by atoms with Crippen LogP contribution in [0.4, 0.5) is 0 Å². The molecule has 1 saturated heterocycles. The summed E-state index contributed by atoms with van der Waals surface area (Å²) in [6.07, 6.45) is 1.74. The number of rotatable bonds is 6. The third-order valence-corrected chi connectivity index (χ3v) is 6.94. The number of halogens is 1. The summed E-state index contributed by atoms with van der Waals surface area (Å²) >= 11 is 6.03. The van der Waals surface area contributed by atoms with Crippen molar-refractivity contribution in [1.29, 1.82) is 0 Å². The molecule has 0 aromatic heterocycles. The first-order chi connectivity index (χ1) is 14.0. The van der Waals surface area contributed by atoms with E-state index < -0.39 is 23.3 Å². The second-order valence-corrected chi connectivity index (χ2v) is 10.2. The van der Waals surface area contributed by atoms with Crippen molar-refractivity contribution in [3.63, 3.8) is 0 Å². The summed E-state index contributed by atoms with van der Waals surface area (Å²) in [6, 6.07) is 7.25. The summed E-state index contributed by atoms with van der Waals surface area (Å²) in [4.78, 5) is 39.5. The first kappa shape index (κ1) is 22.6. The van der Waals surface area contributed by atoms with Crippen molar-refractivity contribution >= 4 is 29.3 Å². The van der Waals surface area contributed by atoms with Gasteiger partial charge in [-0.2, -0.15) is 0 Å². The number of hydrogen-bond acceptors (Lipinski definition) is 3. The van der Waals surface area contributed by atoms with Gasteiger partial charge >= 0.3 is 0 Å². The lowest BCUT2D eigenvalue weighted by atomic mass is 9.70. The molecule has 1 aliphatic heterocycles. The average Bonchev–Trinajstić information content (AvgIpc) is 3.47. The van der Waals surface area contributed by atoms with Crippen molar-refractivity contribution in [2.75, 3.05) is 13.1 Å². The number of likely N-dealkylation sites (tertiary alicyclic amines) is 1. The molecule has 1 aromatic rings. The maximum atomic E-state index is 13.3. The number of piperidine rings is 1. The summed E-state index contributed by atoms with van der Waals surface area (Å²) in [5.41, 5.74) is 5.38. The zero-order valence-electron chi connectivity index (χ0n) is 18.2. The van der Waals surface area contributed by atoms with Crippen LogP contribution in [0, 0.1) is 16.7 Å². The van der Waals surface area contributed by atoms with Crippen molar-refractivity contribution in [1.82, 2.24) is 10.2 Å². The minimum absolute atomic E-state index is 0.0952. The van der Waals surface area contributed by atoms with E-state index >= 15 is 0 Å². The van der Waals surface area contributed by atoms with Gasteiger partial charge < -0.3 is 16.0 Å². The molecule has 1 unspecified atom stereocenters. The number of carbonyl (C=O) groups is 3. The molecular weight excluding hydrogens is 402 g/mol. The van der Waals surface area contributed by atoms with E-state index in [2.05, 4.69) is 31.3 Å².